The molecule has 0 radical (unpaired) electrons. The van der Waals surface area contributed by atoms with E-state index < -0.39 is 5.97 Å². The summed E-state index contributed by atoms with van der Waals surface area (Å²) < 4.78 is 1.68. The van der Waals surface area contributed by atoms with Crippen LogP contribution < -0.4 is 5.32 Å². The Morgan fingerprint density at radius 3 is 2.58 bits per heavy atom. The van der Waals surface area contributed by atoms with Crippen molar-refractivity contribution in [2.75, 3.05) is 5.32 Å². The van der Waals surface area contributed by atoms with E-state index in [-0.39, 0.29) is 11.7 Å². The lowest BCUT2D eigenvalue weighted by Crippen LogP contribution is -2.24. The maximum Gasteiger partial charge on any atom is 0.352 e. The first-order valence-corrected chi connectivity index (χ1v) is 7.36. The number of benzene rings is 1. The number of hydrogen-bond donors (Lipinski definition) is 2. The zero-order chi connectivity index (χ0) is 16.5. The number of aliphatic carboxylic acids is 1. The van der Waals surface area contributed by atoms with E-state index in [2.05, 4.69) is 20.4 Å². The normalized spacial score (nSPS) is 16.0. The number of nitrogens with zero attached hydrogens (tertiary/aromatic N) is 4. The molecule has 0 fully saturated rings. The van der Waals surface area contributed by atoms with Crippen molar-refractivity contribution in [2.45, 2.75) is 6.04 Å². The van der Waals surface area contributed by atoms with E-state index in [0.717, 1.165) is 11.1 Å². The van der Waals surface area contributed by atoms with Crippen molar-refractivity contribution in [1.82, 2.24) is 19.7 Å². The first-order chi connectivity index (χ1) is 11.7. The number of aromatic nitrogens is 4. The first kappa shape index (κ1) is 14.1. The molecule has 0 saturated carbocycles. The van der Waals surface area contributed by atoms with Crippen LogP contribution in [0.4, 0.5) is 5.95 Å². The summed E-state index contributed by atoms with van der Waals surface area (Å²) in [6, 6.07) is 12.9. The second-order valence-electron chi connectivity index (χ2n) is 5.31. The summed E-state index contributed by atoms with van der Waals surface area (Å²) >= 11 is 0. The van der Waals surface area contributed by atoms with E-state index in [4.69, 9.17) is 0 Å². The topological polar surface area (TPSA) is 92.9 Å². The molecule has 4 rings (SSSR count). The number of carbonyl (C=O) groups is 1. The lowest BCUT2D eigenvalue weighted by molar-refractivity contribution is -0.132. The zero-order valence-corrected chi connectivity index (χ0v) is 12.5. The highest BCUT2D eigenvalue weighted by molar-refractivity contribution is 5.90. The van der Waals surface area contributed by atoms with Crippen LogP contribution in [0.25, 0.3) is 11.4 Å². The second-order valence-corrected chi connectivity index (χ2v) is 5.31. The number of anilines is 1. The third-order valence-electron chi connectivity index (χ3n) is 3.78. The Kier molecular flexibility index (Phi) is 3.31. The lowest BCUT2D eigenvalue weighted by Gasteiger charge is -2.22. The highest BCUT2D eigenvalue weighted by Gasteiger charge is 2.27. The fourth-order valence-corrected chi connectivity index (χ4v) is 2.63. The maximum absolute atomic E-state index is 11.4. The Morgan fingerprint density at radius 1 is 1.12 bits per heavy atom. The van der Waals surface area contributed by atoms with Gasteiger partial charge in [0.05, 0.1) is 0 Å². The second kappa shape index (κ2) is 5.62. The first-order valence-electron chi connectivity index (χ1n) is 7.36. The Balaban J connectivity index is 1.83. The average Bonchev–Trinajstić information content (AvgIpc) is 3.06. The Labute approximate surface area is 137 Å². The SMILES string of the molecule is O=C(O)C1=C[C@@H](c2ccncc2)n2nc(-c3ccccc3)nc2N1. The maximum atomic E-state index is 11.4. The van der Waals surface area contributed by atoms with Crippen LogP contribution in [0.1, 0.15) is 11.6 Å². The van der Waals surface area contributed by atoms with E-state index >= 15 is 0 Å². The number of carboxylic acid groups (broad SMARTS) is 1. The Hall–Kier alpha value is -3.48. The van der Waals surface area contributed by atoms with E-state index in [1.165, 1.54) is 0 Å². The van der Waals surface area contributed by atoms with Crippen LogP contribution in [0.2, 0.25) is 0 Å². The molecule has 1 atom stereocenters. The molecule has 2 N–H and O–H groups in total. The van der Waals surface area contributed by atoms with Gasteiger partial charge in [-0.1, -0.05) is 30.3 Å². The van der Waals surface area contributed by atoms with E-state index in [0.29, 0.717) is 11.8 Å². The number of pyridine rings is 1. The minimum Gasteiger partial charge on any atom is -0.477 e. The highest BCUT2D eigenvalue weighted by atomic mass is 16.4. The fraction of sp³-hybridized carbons (Fsp3) is 0.0588. The van der Waals surface area contributed by atoms with Gasteiger partial charge in [0.2, 0.25) is 5.95 Å². The number of nitrogens with one attached hydrogen (secondary N) is 1. The van der Waals surface area contributed by atoms with Gasteiger partial charge in [0.25, 0.3) is 0 Å². The van der Waals surface area contributed by atoms with E-state index in [9.17, 15) is 9.90 Å². The molecular formula is C17H13N5O2. The van der Waals surface area contributed by atoms with Gasteiger partial charge in [0.1, 0.15) is 11.7 Å². The molecule has 3 heterocycles. The zero-order valence-electron chi connectivity index (χ0n) is 12.5. The van der Waals surface area contributed by atoms with Gasteiger partial charge < -0.3 is 10.4 Å². The fourth-order valence-electron chi connectivity index (χ4n) is 2.63. The average molecular weight is 319 g/mol. The highest BCUT2D eigenvalue weighted by Crippen LogP contribution is 2.30. The summed E-state index contributed by atoms with van der Waals surface area (Å²) in [5, 5.41) is 16.7. The van der Waals surface area contributed by atoms with Gasteiger partial charge in [-0.2, -0.15) is 4.98 Å². The predicted octanol–water partition coefficient (Wildman–Crippen LogP) is 2.32. The van der Waals surface area contributed by atoms with Crippen LogP contribution in [0.15, 0.2) is 66.6 Å². The molecule has 1 aliphatic rings. The van der Waals surface area contributed by atoms with E-state index in [1.807, 2.05) is 42.5 Å². The van der Waals surface area contributed by atoms with Crippen LogP contribution in [-0.2, 0) is 4.79 Å². The molecule has 3 aromatic rings. The van der Waals surface area contributed by atoms with Gasteiger partial charge in [0.15, 0.2) is 5.82 Å². The molecule has 0 unspecified atom stereocenters. The van der Waals surface area contributed by atoms with Crippen LogP contribution in [-0.4, -0.2) is 30.8 Å². The third-order valence-corrected chi connectivity index (χ3v) is 3.78. The van der Waals surface area contributed by atoms with Crippen molar-refractivity contribution in [3.8, 4) is 11.4 Å². The Bertz CT molecular complexity index is 919. The lowest BCUT2D eigenvalue weighted by atomic mass is 10.1. The summed E-state index contributed by atoms with van der Waals surface area (Å²) in [6.07, 6.45) is 4.95. The predicted molar refractivity (Wildman–Crippen MR) is 87.2 cm³/mol. The number of fused-ring (bicyclic) bond motifs is 1. The molecule has 0 amide bonds. The summed E-state index contributed by atoms with van der Waals surface area (Å²) in [5.74, 6) is -0.0997. The van der Waals surface area contributed by atoms with Gasteiger partial charge >= 0.3 is 5.97 Å². The van der Waals surface area contributed by atoms with Crippen molar-refractivity contribution >= 4 is 11.9 Å². The molecular weight excluding hydrogens is 306 g/mol. The van der Waals surface area contributed by atoms with E-state index in [1.54, 1.807) is 23.2 Å². The van der Waals surface area contributed by atoms with Crippen LogP contribution in [0.5, 0.6) is 0 Å². The van der Waals surface area contributed by atoms with Crippen LogP contribution >= 0.6 is 0 Å². The van der Waals surface area contributed by atoms with Crippen LogP contribution in [0.3, 0.4) is 0 Å². The molecule has 0 spiro atoms. The third kappa shape index (κ3) is 2.41. The molecule has 7 nitrogen and oxygen atoms in total. The number of hydrogen-bond acceptors (Lipinski definition) is 5. The molecule has 0 bridgehead atoms. The standard InChI is InChI=1S/C17H13N5O2/c23-16(24)13-10-14(11-6-8-18-9-7-11)22-17(19-13)20-15(21-22)12-4-2-1-3-5-12/h1-10,14H,(H,23,24)(H,19,20,21)/t14-/m0/s1. The minimum absolute atomic E-state index is 0.0799. The van der Waals surface area contributed by atoms with Gasteiger partial charge in [-0.15, -0.1) is 5.10 Å². The largest absolute Gasteiger partial charge is 0.477 e. The van der Waals surface area contributed by atoms with Crippen molar-refractivity contribution < 1.29 is 9.90 Å². The van der Waals surface area contributed by atoms with Gasteiger partial charge in [0, 0.05) is 18.0 Å². The Morgan fingerprint density at radius 2 is 1.88 bits per heavy atom. The summed E-state index contributed by atoms with van der Waals surface area (Å²) in [7, 11) is 0. The molecule has 118 valence electrons. The van der Waals surface area contributed by atoms with Crippen LogP contribution in [0, 0.1) is 0 Å². The number of rotatable bonds is 3. The summed E-state index contributed by atoms with van der Waals surface area (Å²) in [6.45, 7) is 0. The van der Waals surface area contributed by atoms with Crippen molar-refractivity contribution in [1.29, 1.82) is 0 Å². The molecule has 2 aromatic heterocycles. The van der Waals surface area contributed by atoms with Crippen molar-refractivity contribution in [3.05, 3.63) is 72.2 Å². The monoisotopic (exact) mass is 319 g/mol. The molecule has 0 saturated heterocycles. The summed E-state index contributed by atoms with van der Waals surface area (Å²) in [4.78, 5) is 19.9. The molecule has 7 heteroatoms. The molecule has 1 aliphatic heterocycles. The smallest absolute Gasteiger partial charge is 0.352 e. The summed E-state index contributed by atoms with van der Waals surface area (Å²) in [5.41, 5.74) is 1.83. The molecule has 1 aromatic carbocycles. The van der Waals surface area contributed by atoms with Gasteiger partial charge in [-0.05, 0) is 23.8 Å². The van der Waals surface area contributed by atoms with Gasteiger partial charge in [-0.3, -0.25) is 4.98 Å². The number of carboxylic acids is 1. The number of allylic oxidation sites excluding steroid dienone is 1. The minimum atomic E-state index is -1.04. The van der Waals surface area contributed by atoms with Gasteiger partial charge in [-0.25, -0.2) is 9.48 Å². The van der Waals surface area contributed by atoms with Crippen molar-refractivity contribution in [2.24, 2.45) is 0 Å². The quantitative estimate of drug-likeness (QED) is 0.769. The molecule has 24 heavy (non-hydrogen) atoms. The molecule has 0 aliphatic carbocycles. The van der Waals surface area contributed by atoms with Crippen molar-refractivity contribution in [3.63, 3.8) is 0 Å².